The summed E-state index contributed by atoms with van der Waals surface area (Å²) in [6.45, 7) is 8.93. The number of aromatic nitrogens is 1. The minimum absolute atomic E-state index is 0.0532. The topological polar surface area (TPSA) is 22.0 Å². The Morgan fingerprint density at radius 3 is 2.53 bits per heavy atom. The van der Waals surface area contributed by atoms with Crippen molar-refractivity contribution in [1.82, 2.24) is 4.57 Å². The van der Waals surface area contributed by atoms with Crippen LogP contribution in [0.2, 0.25) is 0 Å². The van der Waals surface area contributed by atoms with Crippen LogP contribution in [-0.2, 0) is 6.54 Å². The fraction of sp³-hybridized carbons (Fsp3) is 0.353. The molecule has 1 aromatic heterocycles. The van der Waals surface area contributed by atoms with Crippen molar-refractivity contribution in [1.29, 1.82) is 0 Å². The third kappa shape index (κ3) is 3.14. The largest absolute Gasteiger partial charge is 0.349 e. The highest BCUT2D eigenvalue weighted by molar-refractivity contribution is 5.97. The smallest absolute Gasteiger partial charge is 0.166 e. The van der Waals surface area contributed by atoms with E-state index in [1.54, 1.807) is 0 Å². The zero-order valence-corrected chi connectivity index (χ0v) is 12.1. The number of benzene rings is 1. The van der Waals surface area contributed by atoms with Gasteiger partial charge in [-0.1, -0.05) is 32.0 Å². The van der Waals surface area contributed by atoms with Crippen molar-refractivity contribution < 1.29 is 4.79 Å². The van der Waals surface area contributed by atoms with Crippen LogP contribution in [0, 0.1) is 19.8 Å². The van der Waals surface area contributed by atoms with Crippen LogP contribution in [0.4, 0.5) is 0 Å². The van der Waals surface area contributed by atoms with Crippen molar-refractivity contribution >= 4 is 5.78 Å². The van der Waals surface area contributed by atoms with E-state index >= 15 is 0 Å². The summed E-state index contributed by atoms with van der Waals surface area (Å²) in [5, 5.41) is 0. The van der Waals surface area contributed by atoms with Gasteiger partial charge in [0.05, 0.1) is 0 Å². The second-order valence-corrected chi connectivity index (χ2v) is 5.51. The molecule has 2 rings (SSSR count). The fourth-order valence-corrected chi connectivity index (χ4v) is 2.13. The molecule has 2 heteroatoms. The lowest BCUT2D eigenvalue weighted by molar-refractivity contribution is 0.0939. The molecule has 2 nitrogen and oxygen atoms in total. The first-order valence-corrected chi connectivity index (χ1v) is 6.73. The summed E-state index contributed by atoms with van der Waals surface area (Å²) in [6, 6.07) is 8.41. The first kappa shape index (κ1) is 13.6. The Labute approximate surface area is 115 Å². The number of aryl methyl sites for hydroxylation is 2. The highest BCUT2D eigenvalue weighted by Gasteiger charge is 2.11. The quantitative estimate of drug-likeness (QED) is 0.757. The zero-order chi connectivity index (χ0) is 14.0. The van der Waals surface area contributed by atoms with Crippen molar-refractivity contribution in [2.45, 2.75) is 34.2 Å². The predicted molar refractivity (Wildman–Crippen MR) is 78.6 cm³/mol. The van der Waals surface area contributed by atoms with Gasteiger partial charge < -0.3 is 4.57 Å². The Kier molecular flexibility index (Phi) is 3.89. The van der Waals surface area contributed by atoms with E-state index in [1.165, 1.54) is 16.7 Å². The third-order valence-electron chi connectivity index (χ3n) is 3.50. The Balaban J connectivity index is 2.15. The number of carbonyl (C=O) groups excluding carboxylic acids is 1. The monoisotopic (exact) mass is 255 g/mol. The molecule has 0 aliphatic heterocycles. The van der Waals surface area contributed by atoms with E-state index in [4.69, 9.17) is 0 Å². The van der Waals surface area contributed by atoms with Gasteiger partial charge in [0.1, 0.15) is 0 Å². The molecule has 0 unspecified atom stereocenters. The molecule has 0 saturated heterocycles. The van der Waals surface area contributed by atoms with Crippen LogP contribution in [0.3, 0.4) is 0 Å². The van der Waals surface area contributed by atoms with Crippen LogP contribution in [0.5, 0.6) is 0 Å². The van der Waals surface area contributed by atoms with E-state index < -0.39 is 0 Å². The SMILES string of the molecule is Cc1ccc(Cn2ccc(C(=O)C(C)C)c2)cc1C. The predicted octanol–water partition coefficient (Wildman–Crippen LogP) is 3.99. The molecule has 0 bridgehead atoms. The van der Waals surface area contributed by atoms with Crippen LogP contribution < -0.4 is 0 Å². The van der Waals surface area contributed by atoms with Gasteiger partial charge in [0.15, 0.2) is 5.78 Å². The molecule has 0 radical (unpaired) electrons. The fourth-order valence-electron chi connectivity index (χ4n) is 2.13. The molecule has 100 valence electrons. The number of Topliss-reactive ketones (excluding diaryl/α,β-unsaturated/α-hetero) is 1. The van der Waals surface area contributed by atoms with Gasteiger partial charge in [0, 0.05) is 30.4 Å². The summed E-state index contributed by atoms with van der Waals surface area (Å²) in [6.07, 6.45) is 3.92. The molecule has 19 heavy (non-hydrogen) atoms. The van der Waals surface area contributed by atoms with E-state index in [1.807, 2.05) is 32.3 Å². The normalized spacial score (nSPS) is 11.0. The molecule has 0 amide bonds. The van der Waals surface area contributed by atoms with Gasteiger partial charge in [-0.05, 0) is 36.6 Å². The van der Waals surface area contributed by atoms with Gasteiger partial charge in [-0.15, -0.1) is 0 Å². The molecule has 0 fully saturated rings. The summed E-state index contributed by atoms with van der Waals surface area (Å²) in [5.41, 5.74) is 4.69. The minimum atomic E-state index is 0.0532. The maximum Gasteiger partial charge on any atom is 0.166 e. The molecule has 0 aliphatic rings. The molecular formula is C17H21NO. The van der Waals surface area contributed by atoms with Crippen LogP contribution in [0.15, 0.2) is 36.7 Å². The number of ketones is 1. The maximum atomic E-state index is 11.9. The molecule has 1 aromatic carbocycles. The number of carbonyl (C=O) groups is 1. The van der Waals surface area contributed by atoms with Crippen molar-refractivity contribution in [2.24, 2.45) is 5.92 Å². The zero-order valence-electron chi connectivity index (χ0n) is 12.1. The summed E-state index contributed by atoms with van der Waals surface area (Å²) < 4.78 is 2.07. The van der Waals surface area contributed by atoms with Gasteiger partial charge >= 0.3 is 0 Å². The molecule has 0 aliphatic carbocycles. The van der Waals surface area contributed by atoms with E-state index in [-0.39, 0.29) is 11.7 Å². The average Bonchev–Trinajstić information content (AvgIpc) is 2.81. The lowest BCUT2D eigenvalue weighted by atomic mass is 10.0. The number of hydrogen-bond donors (Lipinski definition) is 0. The minimum Gasteiger partial charge on any atom is -0.349 e. The van der Waals surface area contributed by atoms with Crippen LogP contribution in [0.25, 0.3) is 0 Å². The van der Waals surface area contributed by atoms with Gasteiger partial charge in [-0.2, -0.15) is 0 Å². The second-order valence-electron chi connectivity index (χ2n) is 5.51. The van der Waals surface area contributed by atoms with E-state index in [9.17, 15) is 4.79 Å². The van der Waals surface area contributed by atoms with Crippen LogP contribution >= 0.6 is 0 Å². The molecular weight excluding hydrogens is 234 g/mol. The summed E-state index contributed by atoms with van der Waals surface area (Å²) >= 11 is 0. The maximum absolute atomic E-state index is 11.9. The first-order chi connectivity index (χ1) is 8.97. The highest BCUT2D eigenvalue weighted by atomic mass is 16.1. The van der Waals surface area contributed by atoms with Crippen molar-refractivity contribution in [3.8, 4) is 0 Å². The molecule has 1 heterocycles. The molecule has 0 N–H and O–H groups in total. The third-order valence-corrected chi connectivity index (χ3v) is 3.50. The number of nitrogens with zero attached hydrogens (tertiary/aromatic N) is 1. The Morgan fingerprint density at radius 1 is 1.16 bits per heavy atom. The Morgan fingerprint density at radius 2 is 1.89 bits per heavy atom. The van der Waals surface area contributed by atoms with Crippen molar-refractivity contribution in [3.05, 3.63) is 58.9 Å². The average molecular weight is 255 g/mol. The van der Waals surface area contributed by atoms with Crippen LogP contribution in [-0.4, -0.2) is 10.4 Å². The van der Waals surface area contributed by atoms with E-state index in [2.05, 4.69) is 36.6 Å². The van der Waals surface area contributed by atoms with Gasteiger partial charge in [-0.25, -0.2) is 0 Å². The Bertz CT molecular complexity index is 593. The molecule has 0 atom stereocenters. The van der Waals surface area contributed by atoms with Crippen LogP contribution in [0.1, 0.15) is 40.9 Å². The number of hydrogen-bond acceptors (Lipinski definition) is 1. The molecule has 0 saturated carbocycles. The lowest BCUT2D eigenvalue weighted by Gasteiger charge is -2.06. The Hall–Kier alpha value is -1.83. The summed E-state index contributed by atoms with van der Waals surface area (Å²) in [5.74, 6) is 0.260. The second kappa shape index (κ2) is 5.43. The van der Waals surface area contributed by atoms with Gasteiger partial charge in [-0.3, -0.25) is 4.79 Å². The number of rotatable bonds is 4. The molecule has 2 aromatic rings. The van der Waals surface area contributed by atoms with E-state index in [0.29, 0.717) is 0 Å². The molecule has 0 spiro atoms. The van der Waals surface area contributed by atoms with Crippen molar-refractivity contribution in [2.75, 3.05) is 0 Å². The van der Waals surface area contributed by atoms with Gasteiger partial charge in [0.2, 0.25) is 0 Å². The summed E-state index contributed by atoms with van der Waals surface area (Å²) in [7, 11) is 0. The highest BCUT2D eigenvalue weighted by Crippen LogP contribution is 2.13. The standard InChI is InChI=1S/C17H21NO/c1-12(2)17(19)16-7-8-18(11-16)10-15-6-5-13(3)14(4)9-15/h5-9,11-12H,10H2,1-4H3. The lowest BCUT2D eigenvalue weighted by Crippen LogP contribution is -2.06. The van der Waals surface area contributed by atoms with E-state index in [0.717, 1.165) is 12.1 Å². The van der Waals surface area contributed by atoms with Crippen molar-refractivity contribution in [3.63, 3.8) is 0 Å². The first-order valence-electron chi connectivity index (χ1n) is 6.73. The summed E-state index contributed by atoms with van der Waals surface area (Å²) in [4.78, 5) is 11.9. The van der Waals surface area contributed by atoms with Gasteiger partial charge in [0.25, 0.3) is 0 Å².